The predicted molar refractivity (Wildman–Crippen MR) is 118 cm³/mol. The highest BCUT2D eigenvalue weighted by atomic mass is 32.2. The fraction of sp³-hybridized carbons (Fsp3) is 0.565. The normalized spacial score (nSPS) is 17.7. The Hall–Kier alpha value is -1.99. The summed E-state index contributed by atoms with van der Waals surface area (Å²) < 4.78 is 30.1. The highest BCUT2D eigenvalue weighted by Gasteiger charge is 2.29. The van der Waals surface area contributed by atoms with Crippen molar-refractivity contribution in [3.63, 3.8) is 0 Å². The Bertz CT molecular complexity index is 1100. The van der Waals surface area contributed by atoms with Gasteiger partial charge in [-0.05, 0) is 69.1 Å². The van der Waals surface area contributed by atoms with Crippen LogP contribution >= 0.6 is 0 Å². The standard InChI is InChI=1S/C23H31N3O3S/c1-3-17-12-13-18(16-21(17)30(28,29)25-14-8-5-9-15-25)22-19-10-6-7-11-20(19)23(27)26(4-2)24-22/h12-13,16H,3-11,14-15H2,1-2H3. The van der Waals surface area contributed by atoms with E-state index in [1.165, 1.54) is 4.68 Å². The van der Waals surface area contributed by atoms with Crippen molar-refractivity contribution in [2.45, 2.75) is 76.7 Å². The molecule has 1 aromatic carbocycles. The summed E-state index contributed by atoms with van der Waals surface area (Å²) in [5, 5.41) is 4.66. The number of piperidine rings is 1. The van der Waals surface area contributed by atoms with Gasteiger partial charge in [-0.2, -0.15) is 9.40 Å². The minimum absolute atomic E-state index is 0.00212. The van der Waals surface area contributed by atoms with E-state index < -0.39 is 10.0 Å². The smallest absolute Gasteiger partial charge is 0.267 e. The van der Waals surface area contributed by atoms with Crippen LogP contribution in [0.15, 0.2) is 27.9 Å². The van der Waals surface area contributed by atoms with Gasteiger partial charge < -0.3 is 0 Å². The molecule has 1 fully saturated rings. The van der Waals surface area contributed by atoms with E-state index in [4.69, 9.17) is 0 Å². The second kappa shape index (κ2) is 8.63. The summed E-state index contributed by atoms with van der Waals surface area (Å²) in [6.07, 6.45) is 7.21. The van der Waals surface area contributed by atoms with Crippen molar-refractivity contribution >= 4 is 10.0 Å². The number of rotatable bonds is 5. The first-order chi connectivity index (χ1) is 14.5. The molecule has 162 valence electrons. The Morgan fingerprint density at radius 2 is 1.67 bits per heavy atom. The fourth-order valence-corrected chi connectivity index (χ4v) is 6.55. The summed E-state index contributed by atoms with van der Waals surface area (Å²) in [5.41, 5.74) is 4.26. The topological polar surface area (TPSA) is 72.3 Å². The maximum absolute atomic E-state index is 13.5. The number of fused-ring (bicyclic) bond motifs is 1. The van der Waals surface area contributed by atoms with Gasteiger partial charge >= 0.3 is 0 Å². The molecule has 1 aliphatic carbocycles. The first-order valence-electron chi connectivity index (χ1n) is 11.2. The molecule has 2 heterocycles. The lowest BCUT2D eigenvalue weighted by molar-refractivity contribution is 0.346. The van der Waals surface area contributed by atoms with Gasteiger partial charge in [-0.25, -0.2) is 13.1 Å². The van der Waals surface area contributed by atoms with E-state index >= 15 is 0 Å². The number of hydrogen-bond donors (Lipinski definition) is 0. The van der Waals surface area contributed by atoms with Crippen molar-refractivity contribution in [2.75, 3.05) is 13.1 Å². The SMILES string of the molecule is CCc1ccc(-c2nn(CC)c(=O)c3c2CCCC3)cc1S(=O)(=O)N1CCCCC1. The van der Waals surface area contributed by atoms with E-state index in [0.717, 1.165) is 72.9 Å². The summed E-state index contributed by atoms with van der Waals surface area (Å²) in [7, 11) is -3.54. The molecule has 6 nitrogen and oxygen atoms in total. The minimum atomic E-state index is -3.54. The third kappa shape index (κ3) is 3.73. The zero-order chi connectivity index (χ0) is 21.3. The lowest BCUT2D eigenvalue weighted by Gasteiger charge is -2.27. The molecule has 0 radical (unpaired) electrons. The van der Waals surface area contributed by atoms with Crippen molar-refractivity contribution in [3.8, 4) is 11.3 Å². The second-order valence-electron chi connectivity index (χ2n) is 8.27. The molecule has 0 spiro atoms. The lowest BCUT2D eigenvalue weighted by atomic mass is 9.89. The molecule has 1 aromatic heterocycles. The quantitative estimate of drug-likeness (QED) is 0.729. The summed E-state index contributed by atoms with van der Waals surface area (Å²) >= 11 is 0. The Kier molecular flexibility index (Phi) is 6.11. The summed E-state index contributed by atoms with van der Waals surface area (Å²) in [4.78, 5) is 13.2. The van der Waals surface area contributed by atoms with Crippen LogP contribution in [0.3, 0.4) is 0 Å². The van der Waals surface area contributed by atoms with Gasteiger partial charge in [0, 0.05) is 30.8 Å². The van der Waals surface area contributed by atoms with E-state index in [1.54, 1.807) is 10.4 Å². The van der Waals surface area contributed by atoms with Crippen LogP contribution in [-0.2, 0) is 35.8 Å². The fourth-order valence-electron chi connectivity index (χ4n) is 4.71. The van der Waals surface area contributed by atoms with Crippen LogP contribution in [0.25, 0.3) is 11.3 Å². The highest BCUT2D eigenvalue weighted by Crippen LogP contribution is 2.32. The average molecular weight is 430 g/mol. The molecular weight excluding hydrogens is 398 g/mol. The highest BCUT2D eigenvalue weighted by molar-refractivity contribution is 7.89. The van der Waals surface area contributed by atoms with E-state index in [9.17, 15) is 13.2 Å². The molecular formula is C23H31N3O3S. The molecule has 0 bridgehead atoms. The van der Waals surface area contributed by atoms with E-state index in [2.05, 4.69) is 5.10 Å². The van der Waals surface area contributed by atoms with Gasteiger partial charge in [-0.15, -0.1) is 0 Å². The monoisotopic (exact) mass is 429 g/mol. The lowest BCUT2D eigenvalue weighted by Crippen LogP contribution is -2.36. The second-order valence-corrected chi connectivity index (χ2v) is 10.2. The van der Waals surface area contributed by atoms with Gasteiger partial charge in [0.2, 0.25) is 10.0 Å². The molecule has 4 rings (SSSR count). The third-order valence-corrected chi connectivity index (χ3v) is 8.40. The molecule has 0 amide bonds. The molecule has 7 heteroatoms. The number of benzene rings is 1. The average Bonchev–Trinajstić information content (AvgIpc) is 2.79. The van der Waals surface area contributed by atoms with Crippen LogP contribution in [0.1, 0.15) is 62.6 Å². The van der Waals surface area contributed by atoms with Crippen LogP contribution in [0.5, 0.6) is 0 Å². The van der Waals surface area contributed by atoms with Crippen LogP contribution in [0.4, 0.5) is 0 Å². The van der Waals surface area contributed by atoms with Crippen LogP contribution in [0, 0.1) is 0 Å². The zero-order valence-corrected chi connectivity index (χ0v) is 18.8. The molecule has 0 unspecified atom stereocenters. The van der Waals surface area contributed by atoms with Gasteiger partial charge in [0.15, 0.2) is 0 Å². The van der Waals surface area contributed by atoms with Crippen molar-refractivity contribution in [1.82, 2.24) is 14.1 Å². The molecule has 30 heavy (non-hydrogen) atoms. The molecule has 2 aliphatic rings. The molecule has 0 atom stereocenters. The maximum Gasteiger partial charge on any atom is 0.270 e. The number of aryl methyl sites for hydroxylation is 2. The molecule has 2 aromatic rings. The van der Waals surface area contributed by atoms with Gasteiger partial charge in [-0.3, -0.25) is 4.79 Å². The largest absolute Gasteiger partial charge is 0.270 e. The first-order valence-corrected chi connectivity index (χ1v) is 12.7. The van der Waals surface area contributed by atoms with E-state index in [-0.39, 0.29) is 5.56 Å². The summed E-state index contributed by atoms with van der Waals surface area (Å²) in [6.45, 7) is 5.58. The summed E-state index contributed by atoms with van der Waals surface area (Å²) in [5.74, 6) is 0. The van der Waals surface area contributed by atoms with Crippen molar-refractivity contribution in [1.29, 1.82) is 0 Å². The van der Waals surface area contributed by atoms with E-state index in [0.29, 0.717) is 31.0 Å². The summed E-state index contributed by atoms with van der Waals surface area (Å²) in [6, 6.07) is 5.69. The molecule has 0 saturated carbocycles. The van der Waals surface area contributed by atoms with Crippen LogP contribution < -0.4 is 5.56 Å². The first kappa shape index (κ1) is 21.2. The predicted octanol–water partition coefficient (Wildman–Crippen LogP) is 3.55. The maximum atomic E-state index is 13.5. The number of aromatic nitrogens is 2. The van der Waals surface area contributed by atoms with Gasteiger partial charge in [0.1, 0.15) is 0 Å². The molecule has 1 aliphatic heterocycles. The number of sulfonamides is 1. The van der Waals surface area contributed by atoms with Crippen LogP contribution in [-0.4, -0.2) is 35.6 Å². The van der Waals surface area contributed by atoms with Crippen molar-refractivity contribution in [2.24, 2.45) is 0 Å². The number of nitrogens with zero attached hydrogens (tertiary/aromatic N) is 3. The zero-order valence-electron chi connectivity index (χ0n) is 18.0. The van der Waals surface area contributed by atoms with Crippen molar-refractivity contribution < 1.29 is 8.42 Å². The Morgan fingerprint density at radius 3 is 2.33 bits per heavy atom. The third-order valence-electron chi connectivity index (χ3n) is 6.42. The number of hydrogen-bond acceptors (Lipinski definition) is 4. The Morgan fingerprint density at radius 1 is 0.967 bits per heavy atom. The van der Waals surface area contributed by atoms with Gasteiger partial charge in [0.05, 0.1) is 10.6 Å². The van der Waals surface area contributed by atoms with Crippen LogP contribution in [0.2, 0.25) is 0 Å². The Labute approximate surface area is 179 Å². The molecule has 0 N–H and O–H groups in total. The minimum Gasteiger partial charge on any atom is -0.267 e. The Balaban J connectivity index is 1.88. The van der Waals surface area contributed by atoms with E-state index in [1.807, 2.05) is 26.0 Å². The van der Waals surface area contributed by atoms with Crippen molar-refractivity contribution in [3.05, 3.63) is 45.2 Å². The molecule has 1 saturated heterocycles. The van der Waals surface area contributed by atoms with Gasteiger partial charge in [0.25, 0.3) is 5.56 Å². The van der Waals surface area contributed by atoms with Gasteiger partial charge in [-0.1, -0.05) is 25.5 Å².